The van der Waals surface area contributed by atoms with Gasteiger partial charge in [-0.05, 0) is 61.3 Å². The highest BCUT2D eigenvalue weighted by Gasteiger charge is 2.08. The van der Waals surface area contributed by atoms with Crippen molar-refractivity contribution >= 4 is 43.1 Å². The molecule has 0 unspecified atom stereocenters. The first-order chi connectivity index (χ1) is 10.9. The van der Waals surface area contributed by atoms with Gasteiger partial charge in [-0.25, -0.2) is 0 Å². The van der Waals surface area contributed by atoms with Gasteiger partial charge in [0.1, 0.15) is 0 Å². The SMILES string of the molecule is [c]1cccc2cc3c4ccccc4c4ccccc4c3cc12. The average Bonchev–Trinajstić information content (AvgIpc) is 2.61. The minimum atomic E-state index is 1.18. The standard InChI is InChI=1S/C22H13/c1-2-8-16-14-22-20-12-6-4-10-18(20)17-9-3-5-11-19(17)21(22)13-15(16)7-1/h1-7,9-14H. The van der Waals surface area contributed by atoms with Gasteiger partial charge < -0.3 is 0 Å². The molecule has 0 heteroatoms. The second-order valence-electron chi connectivity index (χ2n) is 5.75. The van der Waals surface area contributed by atoms with Crippen molar-refractivity contribution in [1.29, 1.82) is 0 Å². The summed E-state index contributed by atoms with van der Waals surface area (Å²) >= 11 is 0. The van der Waals surface area contributed by atoms with Crippen molar-refractivity contribution in [2.75, 3.05) is 0 Å². The van der Waals surface area contributed by atoms with Crippen LogP contribution in [0.1, 0.15) is 0 Å². The Kier molecular flexibility index (Phi) is 2.31. The fraction of sp³-hybridized carbons (Fsp3) is 0. The molecule has 0 nitrogen and oxygen atoms in total. The summed E-state index contributed by atoms with van der Waals surface area (Å²) in [7, 11) is 0. The Balaban J connectivity index is 2.17. The van der Waals surface area contributed by atoms with Gasteiger partial charge in [0.15, 0.2) is 0 Å². The number of rotatable bonds is 0. The molecule has 0 aromatic heterocycles. The van der Waals surface area contributed by atoms with Crippen molar-refractivity contribution in [3.05, 3.63) is 84.9 Å². The van der Waals surface area contributed by atoms with E-state index in [9.17, 15) is 0 Å². The molecule has 0 fully saturated rings. The molecular weight excluding hydrogens is 264 g/mol. The molecule has 0 aliphatic heterocycles. The van der Waals surface area contributed by atoms with Crippen LogP contribution >= 0.6 is 0 Å². The van der Waals surface area contributed by atoms with Crippen LogP contribution in [0.4, 0.5) is 0 Å². The minimum Gasteiger partial charge on any atom is -0.0616 e. The Morgan fingerprint density at radius 3 is 1.68 bits per heavy atom. The summed E-state index contributed by atoms with van der Waals surface area (Å²) < 4.78 is 0. The van der Waals surface area contributed by atoms with Gasteiger partial charge in [-0.2, -0.15) is 0 Å². The summed E-state index contributed by atoms with van der Waals surface area (Å²) in [6.45, 7) is 0. The topological polar surface area (TPSA) is 0 Å². The second-order valence-corrected chi connectivity index (χ2v) is 5.75. The van der Waals surface area contributed by atoms with Crippen molar-refractivity contribution in [2.24, 2.45) is 0 Å². The molecule has 0 spiro atoms. The van der Waals surface area contributed by atoms with Gasteiger partial charge in [0.25, 0.3) is 0 Å². The van der Waals surface area contributed by atoms with Crippen molar-refractivity contribution in [2.45, 2.75) is 0 Å². The van der Waals surface area contributed by atoms with E-state index in [1.807, 2.05) is 6.07 Å². The first-order valence-electron chi connectivity index (χ1n) is 7.55. The molecule has 0 aliphatic rings. The van der Waals surface area contributed by atoms with Crippen LogP contribution in [0.5, 0.6) is 0 Å². The van der Waals surface area contributed by atoms with Gasteiger partial charge in [0, 0.05) is 0 Å². The zero-order valence-corrected chi connectivity index (χ0v) is 12.0. The zero-order chi connectivity index (χ0) is 14.5. The highest BCUT2D eigenvalue weighted by molar-refractivity contribution is 6.27. The van der Waals surface area contributed by atoms with E-state index in [0.717, 1.165) is 0 Å². The predicted molar refractivity (Wildman–Crippen MR) is 95.3 cm³/mol. The zero-order valence-electron chi connectivity index (χ0n) is 12.0. The van der Waals surface area contributed by atoms with Crippen LogP contribution in [0.2, 0.25) is 0 Å². The number of benzene rings is 5. The Morgan fingerprint density at radius 2 is 1.05 bits per heavy atom. The smallest absolute Gasteiger partial charge is 0.00923 e. The number of hydrogen-bond acceptors (Lipinski definition) is 0. The third kappa shape index (κ3) is 1.52. The maximum absolute atomic E-state index is 3.36. The minimum absolute atomic E-state index is 1.18. The van der Waals surface area contributed by atoms with Gasteiger partial charge in [-0.1, -0.05) is 66.7 Å². The van der Waals surface area contributed by atoms with E-state index in [4.69, 9.17) is 0 Å². The summed E-state index contributed by atoms with van der Waals surface area (Å²) in [5, 5.41) is 10.3. The van der Waals surface area contributed by atoms with Crippen LogP contribution < -0.4 is 0 Å². The maximum Gasteiger partial charge on any atom is -0.00923 e. The van der Waals surface area contributed by atoms with Crippen molar-refractivity contribution in [3.63, 3.8) is 0 Å². The summed E-state index contributed by atoms with van der Waals surface area (Å²) in [5.74, 6) is 0. The van der Waals surface area contributed by atoms with E-state index in [1.54, 1.807) is 0 Å². The van der Waals surface area contributed by atoms with Crippen LogP contribution in [0.3, 0.4) is 0 Å². The molecule has 22 heavy (non-hydrogen) atoms. The van der Waals surface area contributed by atoms with E-state index < -0.39 is 0 Å². The molecule has 0 saturated carbocycles. The average molecular weight is 277 g/mol. The lowest BCUT2D eigenvalue weighted by molar-refractivity contribution is 1.77. The second kappa shape index (κ2) is 4.32. The summed E-state index contributed by atoms with van der Waals surface area (Å²) in [5.41, 5.74) is 0. The van der Waals surface area contributed by atoms with Gasteiger partial charge in [-0.15, -0.1) is 0 Å². The monoisotopic (exact) mass is 277 g/mol. The van der Waals surface area contributed by atoms with Crippen LogP contribution in [0.25, 0.3) is 43.1 Å². The van der Waals surface area contributed by atoms with Gasteiger partial charge in [0.05, 0.1) is 0 Å². The van der Waals surface area contributed by atoms with Gasteiger partial charge in [0.2, 0.25) is 0 Å². The Hall–Kier alpha value is -2.86. The molecule has 0 N–H and O–H groups in total. The summed E-state index contributed by atoms with van der Waals surface area (Å²) in [4.78, 5) is 0. The first kappa shape index (κ1) is 11.8. The van der Waals surface area contributed by atoms with Crippen LogP contribution in [-0.2, 0) is 0 Å². The summed E-state index contributed by atoms with van der Waals surface area (Å²) in [6.07, 6.45) is 0. The molecule has 0 amide bonds. The largest absolute Gasteiger partial charge is 0.0616 e. The van der Waals surface area contributed by atoms with Crippen LogP contribution in [-0.4, -0.2) is 0 Å². The maximum atomic E-state index is 3.36. The molecule has 5 aromatic carbocycles. The normalized spacial score (nSPS) is 11.6. The Labute approximate surface area is 128 Å². The highest BCUT2D eigenvalue weighted by atomic mass is 14.1. The van der Waals surface area contributed by atoms with Crippen molar-refractivity contribution in [3.8, 4) is 0 Å². The fourth-order valence-electron chi connectivity index (χ4n) is 3.52. The molecule has 0 heterocycles. The molecule has 0 bridgehead atoms. The number of hydrogen-bond donors (Lipinski definition) is 0. The lowest BCUT2D eigenvalue weighted by Gasteiger charge is -2.11. The molecular formula is C22H13. The fourth-order valence-corrected chi connectivity index (χ4v) is 3.52. The molecule has 101 valence electrons. The molecule has 5 rings (SSSR count). The van der Waals surface area contributed by atoms with Crippen LogP contribution in [0, 0.1) is 6.07 Å². The van der Waals surface area contributed by atoms with E-state index in [0.29, 0.717) is 0 Å². The highest BCUT2D eigenvalue weighted by Crippen LogP contribution is 2.36. The lowest BCUT2D eigenvalue weighted by Crippen LogP contribution is -1.83. The van der Waals surface area contributed by atoms with E-state index >= 15 is 0 Å². The molecule has 1 radical (unpaired) electrons. The molecule has 0 aliphatic carbocycles. The Bertz CT molecular complexity index is 1070. The predicted octanol–water partition coefficient (Wildman–Crippen LogP) is 6.10. The van der Waals surface area contributed by atoms with Gasteiger partial charge in [-0.3, -0.25) is 0 Å². The van der Waals surface area contributed by atoms with E-state index in [1.165, 1.54) is 43.1 Å². The lowest BCUT2D eigenvalue weighted by atomic mass is 9.92. The van der Waals surface area contributed by atoms with Gasteiger partial charge >= 0.3 is 0 Å². The first-order valence-corrected chi connectivity index (χ1v) is 7.55. The summed E-state index contributed by atoms with van der Waals surface area (Å²) in [6, 6.07) is 31.5. The number of fused-ring (bicyclic) bond motifs is 7. The molecule has 5 aromatic rings. The molecule has 0 atom stereocenters. The van der Waals surface area contributed by atoms with Crippen molar-refractivity contribution in [1.82, 2.24) is 0 Å². The van der Waals surface area contributed by atoms with E-state index in [-0.39, 0.29) is 0 Å². The quantitative estimate of drug-likeness (QED) is 0.237. The Morgan fingerprint density at radius 1 is 0.500 bits per heavy atom. The third-order valence-electron chi connectivity index (χ3n) is 4.53. The third-order valence-corrected chi connectivity index (χ3v) is 4.53. The van der Waals surface area contributed by atoms with Crippen molar-refractivity contribution < 1.29 is 0 Å². The van der Waals surface area contributed by atoms with Crippen LogP contribution in [0.15, 0.2) is 78.9 Å². The van der Waals surface area contributed by atoms with E-state index in [2.05, 4.69) is 78.9 Å². The molecule has 0 saturated heterocycles.